The van der Waals surface area contributed by atoms with Crippen LogP contribution in [0, 0.1) is 12.8 Å². The summed E-state index contributed by atoms with van der Waals surface area (Å²) in [5.41, 5.74) is 2.15. The maximum atomic E-state index is 12.2. The van der Waals surface area contributed by atoms with Crippen LogP contribution in [-0.4, -0.2) is 54.2 Å². The van der Waals surface area contributed by atoms with Gasteiger partial charge in [-0.3, -0.25) is 9.69 Å². The van der Waals surface area contributed by atoms with E-state index >= 15 is 0 Å². The van der Waals surface area contributed by atoms with Crippen LogP contribution in [-0.2, 0) is 11.3 Å². The van der Waals surface area contributed by atoms with E-state index in [1.165, 1.54) is 5.56 Å². The van der Waals surface area contributed by atoms with E-state index in [0.717, 1.165) is 38.0 Å². The molecule has 0 aliphatic carbocycles. The van der Waals surface area contributed by atoms with Crippen LogP contribution in [0.2, 0.25) is 0 Å². The molecule has 1 fully saturated rings. The van der Waals surface area contributed by atoms with Gasteiger partial charge in [-0.2, -0.15) is 0 Å². The average molecular weight is 348 g/mol. The molecule has 0 unspecified atom stereocenters. The highest BCUT2D eigenvalue weighted by molar-refractivity contribution is 5.78. The van der Waals surface area contributed by atoms with E-state index in [9.17, 15) is 9.90 Å². The Balaban J connectivity index is 1.74. The Hall–Kier alpha value is -1.43. The standard InChI is InChI=1S/C20H33N3O2/c1-16(2)12-22-20(15-24)7-9-23(10-8-20)14-19(25)21-13-18-6-4-5-17(3)11-18/h4-6,11,16,22,24H,7-10,12-15H2,1-3H3,(H,21,25). The molecule has 1 aromatic rings. The predicted octanol–water partition coefficient (Wildman–Crippen LogP) is 1.68. The lowest BCUT2D eigenvalue weighted by Crippen LogP contribution is -2.57. The second kappa shape index (κ2) is 9.32. The van der Waals surface area contributed by atoms with Gasteiger partial charge in [-0.15, -0.1) is 0 Å². The quantitative estimate of drug-likeness (QED) is 0.669. The second-order valence-corrected chi connectivity index (χ2v) is 7.76. The molecule has 0 aromatic heterocycles. The Morgan fingerprint density at radius 3 is 2.64 bits per heavy atom. The van der Waals surface area contributed by atoms with Crippen molar-refractivity contribution in [1.29, 1.82) is 0 Å². The molecular weight excluding hydrogens is 314 g/mol. The first-order chi connectivity index (χ1) is 11.9. The third-order valence-corrected chi connectivity index (χ3v) is 4.94. The summed E-state index contributed by atoms with van der Waals surface area (Å²) in [6, 6.07) is 8.20. The number of amides is 1. The summed E-state index contributed by atoms with van der Waals surface area (Å²) in [5.74, 6) is 0.627. The van der Waals surface area contributed by atoms with Gasteiger partial charge in [0.15, 0.2) is 0 Å². The smallest absolute Gasteiger partial charge is 0.234 e. The largest absolute Gasteiger partial charge is 0.394 e. The fourth-order valence-electron chi connectivity index (χ4n) is 3.23. The lowest BCUT2D eigenvalue weighted by molar-refractivity contribution is -0.122. The summed E-state index contributed by atoms with van der Waals surface area (Å²) < 4.78 is 0. The Kier molecular flexibility index (Phi) is 7.41. The van der Waals surface area contributed by atoms with Crippen LogP contribution in [0.15, 0.2) is 24.3 Å². The maximum absolute atomic E-state index is 12.2. The van der Waals surface area contributed by atoms with E-state index in [1.54, 1.807) is 0 Å². The first kappa shape index (κ1) is 19.9. The number of rotatable bonds is 8. The third-order valence-electron chi connectivity index (χ3n) is 4.94. The number of hydrogen-bond acceptors (Lipinski definition) is 4. The van der Waals surface area contributed by atoms with Crippen molar-refractivity contribution in [2.24, 2.45) is 5.92 Å². The Morgan fingerprint density at radius 2 is 2.04 bits per heavy atom. The number of carbonyl (C=O) groups is 1. The van der Waals surface area contributed by atoms with E-state index in [1.807, 2.05) is 12.1 Å². The molecule has 2 rings (SSSR count). The molecular formula is C20H33N3O2. The molecule has 1 saturated heterocycles. The van der Waals surface area contributed by atoms with E-state index < -0.39 is 0 Å². The van der Waals surface area contributed by atoms with Gasteiger partial charge in [0.05, 0.1) is 13.2 Å². The highest BCUT2D eigenvalue weighted by atomic mass is 16.3. The van der Waals surface area contributed by atoms with E-state index in [4.69, 9.17) is 0 Å². The van der Waals surface area contributed by atoms with E-state index in [0.29, 0.717) is 19.0 Å². The van der Waals surface area contributed by atoms with Crippen molar-refractivity contribution >= 4 is 5.91 Å². The van der Waals surface area contributed by atoms with Gasteiger partial charge in [0.1, 0.15) is 0 Å². The highest BCUT2D eigenvalue weighted by Crippen LogP contribution is 2.22. The number of piperidine rings is 1. The van der Waals surface area contributed by atoms with Crippen molar-refractivity contribution in [3.8, 4) is 0 Å². The molecule has 0 atom stereocenters. The molecule has 0 spiro atoms. The van der Waals surface area contributed by atoms with Gasteiger partial charge in [-0.25, -0.2) is 0 Å². The van der Waals surface area contributed by atoms with Gasteiger partial charge in [-0.05, 0) is 37.8 Å². The van der Waals surface area contributed by atoms with Crippen molar-refractivity contribution in [2.75, 3.05) is 32.8 Å². The predicted molar refractivity (Wildman–Crippen MR) is 101 cm³/mol. The molecule has 0 bridgehead atoms. The Morgan fingerprint density at radius 1 is 1.32 bits per heavy atom. The van der Waals surface area contributed by atoms with Crippen molar-refractivity contribution in [1.82, 2.24) is 15.5 Å². The van der Waals surface area contributed by atoms with Crippen LogP contribution in [0.5, 0.6) is 0 Å². The fourth-order valence-corrected chi connectivity index (χ4v) is 3.23. The van der Waals surface area contributed by atoms with Crippen molar-refractivity contribution in [2.45, 2.75) is 45.7 Å². The molecule has 140 valence electrons. The number of likely N-dealkylation sites (tertiary alicyclic amines) is 1. The van der Waals surface area contributed by atoms with Crippen LogP contribution >= 0.6 is 0 Å². The lowest BCUT2D eigenvalue weighted by atomic mass is 9.87. The normalized spacial score (nSPS) is 17.6. The number of carbonyl (C=O) groups excluding carboxylic acids is 1. The summed E-state index contributed by atoms with van der Waals surface area (Å²) in [5, 5.41) is 16.3. The van der Waals surface area contributed by atoms with Gasteiger partial charge >= 0.3 is 0 Å². The fraction of sp³-hybridized carbons (Fsp3) is 0.650. The zero-order chi connectivity index (χ0) is 18.3. The van der Waals surface area contributed by atoms with Crippen LogP contribution in [0.25, 0.3) is 0 Å². The number of hydrogen-bond donors (Lipinski definition) is 3. The van der Waals surface area contributed by atoms with Crippen LogP contribution < -0.4 is 10.6 Å². The van der Waals surface area contributed by atoms with Crippen LogP contribution in [0.1, 0.15) is 37.8 Å². The summed E-state index contributed by atoms with van der Waals surface area (Å²) in [7, 11) is 0. The molecule has 5 heteroatoms. The molecule has 1 aliphatic rings. The number of nitrogens with one attached hydrogen (secondary N) is 2. The SMILES string of the molecule is Cc1cccc(CNC(=O)CN2CCC(CO)(NCC(C)C)CC2)c1. The third kappa shape index (κ3) is 6.42. The summed E-state index contributed by atoms with van der Waals surface area (Å²) in [4.78, 5) is 14.4. The molecule has 0 radical (unpaired) electrons. The minimum Gasteiger partial charge on any atom is -0.394 e. The topological polar surface area (TPSA) is 64.6 Å². The van der Waals surface area contributed by atoms with Gasteiger partial charge < -0.3 is 15.7 Å². The minimum absolute atomic E-state index is 0.0631. The first-order valence-corrected chi connectivity index (χ1v) is 9.33. The number of aliphatic hydroxyl groups excluding tert-OH is 1. The van der Waals surface area contributed by atoms with Gasteiger partial charge in [-0.1, -0.05) is 43.7 Å². The zero-order valence-electron chi connectivity index (χ0n) is 15.8. The number of nitrogens with zero attached hydrogens (tertiary/aromatic N) is 1. The summed E-state index contributed by atoms with van der Waals surface area (Å²) in [6.45, 7) is 10.2. The average Bonchev–Trinajstić information content (AvgIpc) is 2.60. The van der Waals surface area contributed by atoms with Crippen LogP contribution in [0.3, 0.4) is 0 Å². The molecule has 5 nitrogen and oxygen atoms in total. The molecule has 0 saturated carbocycles. The summed E-state index contributed by atoms with van der Waals surface area (Å²) >= 11 is 0. The van der Waals surface area contributed by atoms with E-state index in [2.05, 4.69) is 48.4 Å². The van der Waals surface area contributed by atoms with E-state index in [-0.39, 0.29) is 18.1 Å². The molecule has 1 amide bonds. The van der Waals surface area contributed by atoms with Crippen molar-refractivity contribution in [3.63, 3.8) is 0 Å². The van der Waals surface area contributed by atoms with Crippen molar-refractivity contribution < 1.29 is 9.90 Å². The number of benzene rings is 1. The lowest BCUT2D eigenvalue weighted by Gasteiger charge is -2.41. The Bertz CT molecular complexity index is 552. The van der Waals surface area contributed by atoms with Gasteiger partial charge in [0, 0.05) is 25.2 Å². The Labute approximate surface area is 151 Å². The summed E-state index contributed by atoms with van der Waals surface area (Å²) in [6.07, 6.45) is 1.75. The monoisotopic (exact) mass is 347 g/mol. The maximum Gasteiger partial charge on any atom is 0.234 e. The molecule has 1 aromatic carbocycles. The van der Waals surface area contributed by atoms with Crippen molar-refractivity contribution in [3.05, 3.63) is 35.4 Å². The molecule has 25 heavy (non-hydrogen) atoms. The molecule has 3 N–H and O–H groups in total. The molecule has 1 aliphatic heterocycles. The number of aryl methyl sites for hydroxylation is 1. The first-order valence-electron chi connectivity index (χ1n) is 9.33. The minimum atomic E-state index is -0.182. The zero-order valence-corrected chi connectivity index (χ0v) is 15.8. The highest BCUT2D eigenvalue weighted by Gasteiger charge is 2.34. The molecule has 1 heterocycles. The van der Waals surface area contributed by atoms with Gasteiger partial charge in [0.2, 0.25) is 5.91 Å². The second-order valence-electron chi connectivity index (χ2n) is 7.76. The number of aliphatic hydroxyl groups is 1. The van der Waals surface area contributed by atoms with Crippen LogP contribution in [0.4, 0.5) is 0 Å². The van der Waals surface area contributed by atoms with Gasteiger partial charge in [0.25, 0.3) is 0 Å².